The van der Waals surface area contributed by atoms with Crippen molar-refractivity contribution in [3.8, 4) is 5.69 Å². The van der Waals surface area contributed by atoms with Crippen molar-refractivity contribution < 1.29 is 4.84 Å². The molecule has 0 saturated carbocycles. The molecule has 1 aromatic heterocycles. The van der Waals surface area contributed by atoms with Crippen LogP contribution in [-0.4, -0.2) is 9.13 Å². The summed E-state index contributed by atoms with van der Waals surface area (Å²) in [5.41, 5.74) is 2.49. The number of benzene rings is 1. The molecule has 0 bridgehead atoms. The van der Waals surface area contributed by atoms with Crippen molar-refractivity contribution >= 4 is 0 Å². The van der Waals surface area contributed by atoms with Gasteiger partial charge in [-0.15, -0.1) is 0 Å². The lowest BCUT2D eigenvalue weighted by atomic mass is 10.2. The Balaban J connectivity index is 2.64. The van der Waals surface area contributed by atoms with Crippen molar-refractivity contribution in [2.24, 2.45) is 12.9 Å². The molecule has 1 heterocycles. The standard InChI is InChI=1S/C12H15N3O2/c1-9-7-14(2)12(16)15(9)11-6-4-3-5-10(11)8-17-13/h3-7H,8,13H2,1-2H3. The Morgan fingerprint density at radius 3 is 2.65 bits per heavy atom. The Hall–Kier alpha value is -1.85. The number of rotatable bonds is 3. The number of imidazole rings is 1. The minimum atomic E-state index is -0.0769. The Bertz CT molecular complexity index is 584. The summed E-state index contributed by atoms with van der Waals surface area (Å²) >= 11 is 0. The fourth-order valence-corrected chi connectivity index (χ4v) is 1.94. The second kappa shape index (κ2) is 4.57. The first-order chi connectivity index (χ1) is 8.15. The quantitative estimate of drug-likeness (QED) is 0.800. The van der Waals surface area contributed by atoms with E-state index in [2.05, 4.69) is 4.84 Å². The van der Waals surface area contributed by atoms with Gasteiger partial charge in [0.2, 0.25) is 0 Å². The summed E-state index contributed by atoms with van der Waals surface area (Å²) in [6.45, 7) is 2.17. The Morgan fingerprint density at radius 2 is 2.06 bits per heavy atom. The third kappa shape index (κ3) is 2.02. The van der Waals surface area contributed by atoms with Crippen LogP contribution >= 0.6 is 0 Å². The van der Waals surface area contributed by atoms with Crippen LogP contribution in [0.15, 0.2) is 35.3 Å². The lowest BCUT2D eigenvalue weighted by Crippen LogP contribution is -2.22. The molecule has 0 aliphatic carbocycles. The second-order valence-electron chi connectivity index (χ2n) is 3.94. The van der Waals surface area contributed by atoms with Crippen molar-refractivity contribution in [3.05, 3.63) is 52.2 Å². The number of aryl methyl sites for hydroxylation is 2. The summed E-state index contributed by atoms with van der Waals surface area (Å²) < 4.78 is 3.20. The Morgan fingerprint density at radius 1 is 1.35 bits per heavy atom. The summed E-state index contributed by atoms with van der Waals surface area (Å²) in [6.07, 6.45) is 1.79. The number of hydrogen-bond acceptors (Lipinski definition) is 3. The van der Waals surface area contributed by atoms with Gasteiger partial charge in [-0.2, -0.15) is 0 Å². The average Bonchev–Trinajstić information content (AvgIpc) is 2.55. The fraction of sp³-hybridized carbons (Fsp3) is 0.250. The average molecular weight is 233 g/mol. The van der Waals surface area contributed by atoms with Crippen molar-refractivity contribution in [2.75, 3.05) is 0 Å². The molecule has 0 radical (unpaired) electrons. The van der Waals surface area contributed by atoms with Crippen molar-refractivity contribution in [2.45, 2.75) is 13.5 Å². The molecule has 2 aromatic rings. The van der Waals surface area contributed by atoms with Gasteiger partial charge in [-0.1, -0.05) is 18.2 Å². The van der Waals surface area contributed by atoms with E-state index in [1.54, 1.807) is 22.4 Å². The first-order valence-corrected chi connectivity index (χ1v) is 5.30. The molecule has 0 aliphatic rings. The third-order valence-corrected chi connectivity index (χ3v) is 2.70. The topological polar surface area (TPSA) is 62.2 Å². The molecule has 0 saturated heterocycles. The third-order valence-electron chi connectivity index (χ3n) is 2.70. The van der Waals surface area contributed by atoms with Crippen LogP contribution < -0.4 is 11.6 Å². The van der Waals surface area contributed by atoms with E-state index in [9.17, 15) is 4.79 Å². The highest BCUT2D eigenvalue weighted by atomic mass is 16.6. The van der Waals surface area contributed by atoms with Gasteiger partial charge in [0.15, 0.2) is 0 Å². The van der Waals surface area contributed by atoms with Crippen LogP contribution in [0, 0.1) is 6.92 Å². The highest BCUT2D eigenvalue weighted by Crippen LogP contribution is 2.15. The van der Waals surface area contributed by atoms with Gasteiger partial charge in [0.25, 0.3) is 0 Å². The minimum Gasteiger partial charge on any atom is -0.302 e. The highest BCUT2D eigenvalue weighted by molar-refractivity contribution is 5.41. The molecular weight excluding hydrogens is 218 g/mol. The van der Waals surface area contributed by atoms with Crippen LogP contribution in [0.2, 0.25) is 0 Å². The summed E-state index contributed by atoms with van der Waals surface area (Å²) in [4.78, 5) is 16.7. The fourth-order valence-electron chi connectivity index (χ4n) is 1.94. The largest absolute Gasteiger partial charge is 0.332 e. The minimum absolute atomic E-state index is 0.0769. The molecule has 0 unspecified atom stereocenters. The molecule has 2 N–H and O–H groups in total. The van der Waals surface area contributed by atoms with E-state index in [0.717, 1.165) is 16.9 Å². The summed E-state index contributed by atoms with van der Waals surface area (Å²) in [7, 11) is 1.73. The smallest absolute Gasteiger partial charge is 0.302 e. The lowest BCUT2D eigenvalue weighted by Gasteiger charge is -2.09. The van der Waals surface area contributed by atoms with Gasteiger partial charge in [-0.3, -0.25) is 9.40 Å². The number of nitrogens with two attached hydrogens (primary N) is 1. The van der Waals surface area contributed by atoms with Crippen LogP contribution in [0.4, 0.5) is 0 Å². The van der Waals surface area contributed by atoms with E-state index < -0.39 is 0 Å². The lowest BCUT2D eigenvalue weighted by molar-refractivity contribution is 0.124. The van der Waals surface area contributed by atoms with Crippen molar-refractivity contribution in [3.63, 3.8) is 0 Å². The molecule has 5 heteroatoms. The molecule has 17 heavy (non-hydrogen) atoms. The van der Waals surface area contributed by atoms with Crippen LogP contribution in [0.5, 0.6) is 0 Å². The molecule has 1 aromatic carbocycles. The molecule has 0 aliphatic heterocycles. The van der Waals surface area contributed by atoms with E-state index in [-0.39, 0.29) is 12.3 Å². The van der Waals surface area contributed by atoms with Gasteiger partial charge in [-0.25, -0.2) is 10.7 Å². The molecular formula is C12H15N3O2. The molecule has 0 atom stereocenters. The van der Waals surface area contributed by atoms with Crippen LogP contribution in [0.3, 0.4) is 0 Å². The van der Waals surface area contributed by atoms with E-state index in [4.69, 9.17) is 5.90 Å². The normalized spacial score (nSPS) is 10.8. The van der Waals surface area contributed by atoms with E-state index in [0.29, 0.717) is 0 Å². The van der Waals surface area contributed by atoms with Crippen LogP contribution in [-0.2, 0) is 18.5 Å². The monoisotopic (exact) mass is 233 g/mol. The molecule has 0 spiro atoms. The Labute approximate surface area is 99.0 Å². The van der Waals surface area contributed by atoms with Gasteiger partial charge in [0.05, 0.1) is 12.3 Å². The first-order valence-electron chi connectivity index (χ1n) is 5.30. The van der Waals surface area contributed by atoms with Crippen LogP contribution in [0.25, 0.3) is 5.69 Å². The highest BCUT2D eigenvalue weighted by Gasteiger charge is 2.11. The second-order valence-corrected chi connectivity index (χ2v) is 3.94. The molecule has 90 valence electrons. The van der Waals surface area contributed by atoms with Crippen molar-refractivity contribution in [1.82, 2.24) is 9.13 Å². The number of para-hydroxylation sites is 1. The maximum Gasteiger partial charge on any atom is 0.332 e. The predicted molar refractivity (Wildman–Crippen MR) is 64.7 cm³/mol. The van der Waals surface area contributed by atoms with E-state index in [1.165, 1.54) is 0 Å². The van der Waals surface area contributed by atoms with Gasteiger partial charge in [0.1, 0.15) is 0 Å². The van der Waals surface area contributed by atoms with Crippen molar-refractivity contribution in [1.29, 1.82) is 0 Å². The maximum atomic E-state index is 12.0. The molecule has 5 nitrogen and oxygen atoms in total. The molecule has 2 rings (SSSR count). The first kappa shape index (κ1) is 11.6. The van der Waals surface area contributed by atoms with E-state index >= 15 is 0 Å². The Kier molecular flexibility index (Phi) is 3.12. The van der Waals surface area contributed by atoms with Crippen LogP contribution in [0.1, 0.15) is 11.3 Å². The zero-order valence-corrected chi connectivity index (χ0v) is 9.88. The zero-order chi connectivity index (χ0) is 12.4. The number of nitrogens with zero attached hydrogens (tertiary/aromatic N) is 2. The van der Waals surface area contributed by atoms with E-state index in [1.807, 2.05) is 31.2 Å². The number of aromatic nitrogens is 2. The SMILES string of the molecule is Cc1cn(C)c(=O)n1-c1ccccc1CON. The van der Waals surface area contributed by atoms with Gasteiger partial charge in [-0.05, 0) is 13.0 Å². The predicted octanol–water partition coefficient (Wildman–Crippen LogP) is 0.875. The summed E-state index contributed by atoms with van der Waals surface area (Å²) in [5, 5.41) is 0. The van der Waals surface area contributed by atoms with Gasteiger partial charge >= 0.3 is 5.69 Å². The number of hydrogen-bond donors (Lipinski definition) is 1. The molecule has 0 fully saturated rings. The van der Waals surface area contributed by atoms with Gasteiger partial charge < -0.3 is 4.57 Å². The zero-order valence-electron chi connectivity index (χ0n) is 9.88. The summed E-state index contributed by atoms with van der Waals surface area (Å²) in [5.74, 6) is 5.10. The van der Waals surface area contributed by atoms with Gasteiger partial charge in [0, 0.05) is 24.5 Å². The summed E-state index contributed by atoms with van der Waals surface area (Å²) in [6, 6.07) is 7.54. The molecule has 0 amide bonds. The maximum absolute atomic E-state index is 12.0.